The smallest absolute Gasteiger partial charge is 0.416 e. The Morgan fingerprint density at radius 1 is 1.06 bits per heavy atom. The van der Waals surface area contributed by atoms with Crippen LogP contribution in [-0.4, -0.2) is 28.3 Å². The fraction of sp³-hybridized carbons (Fsp3) is 0.227. The number of nitrogens with zero attached hydrogens (tertiary/aromatic N) is 2. The van der Waals surface area contributed by atoms with Gasteiger partial charge in [-0.15, -0.1) is 0 Å². The third kappa shape index (κ3) is 5.50. The van der Waals surface area contributed by atoms with E-state index in [0.29, 0.717) is 11.1 Å². The molecule has 1 heterocycles. The number of hydrogen-bond acceptors (Lipinski definition) is 4. The molecule has 1 N–H and O–H groups in total. The van der Waals surface area contributed by atoms with Crippen molar-refractivity contribution in [2.24, 2.45) is 0 Å². The van der Waals surface area contributed by atoms with E-state index in [1.807, 2.05) is 6.92 Å². The lowest BCUT2D eigenvalue weighted by Gasteiger charge is -2.11. The van der Waals surface area contributed by atoms with Gasteiger partial charge in [0.25, 0.3) is 5.91 Å². The molecule has 0 spiro atoms. The molecule has 0 aliphatic heterocycles. The van der Waals surface area contributed by atoms with Gasteiger partial charge >= 0.3 is 12.1 Å². The molecular formula is C22H20F3N3O3. The van der Waals surface area contributed by atoms with Gasteiger partial charge in [-0.2, -0.15) is 18.3 Å². The molecule has 0 atom stereocenters. The van der Waals surface area contributed by atoms with E-state index >= 15 is 0 Å². The van der Waals surface area contributed by atoms with Crippen LogP contribution in [0.4, 0.5) is 19.0 Å². The third-order valence-corrected chi connectivity index (χ3v) is 4.43. The highest BCUT2D eigenvalue weighted by Crippen LogP contribution is 2.29. The molecule has 0 aliphatic rings. The normalized spacial score (nSPS) is 11.3. The van der Waals surface area contributed by atoms with Crippen molar-refractivity contribution in [1.29, 1.82) is 0 Å². The van der Waals surface area contributed by atoms with Crippen LogP contribution in [0.2, 0.25) is 0 Å². The Hall–Kier alpha value is -3.62. The number of alkyl halides is 3. The largest absolute Gasteiger partial charge is 0.461 e. The van der Waals surface area contributed by atoms with Crippen LogP contribution < -0.4 is 5.32 Å². The van der Waals surface area contributed by atoms with E-state index in [-0.39, 0.29) is 24.7 Å². The zero-order valence-corrected chi connectivity index (χ0v) is 16.9. The van der Waals surface area contributed by atoms with Crippen molar-refractivity contribution in [2.75, 3.05) is 11.9 Å². The van der Waals surface area contributed by atoms with E-state index in [2.05, 4.69) is 10.4 Å². The SMILES string of the molecule is CCOC(=O)c1cc(NC(=O)c2ccc(C)cc2)n(Cc2ccc(C(F)(F)F)cc2)n1. The van der Waals surface area contributed by atoms with Crippen LogP contribution in [0.15, 0.2) is 54.6 Å². The second-order valence-electron chi connectivity index (χ2n) is 6.81. The van der Waals surface area contributed by atoms with Crippen LogP contribution in [0.3, 0.4) is 0 Å². The molecule has 0 saturated carbocycles. The number of aryl methyl sites for hydroxylation is 1. The summed E-state index contributed by atoms with van der Waals surface area (Å²) < 4.78 is 44.6. The number of carbonyl (C=O) groups is 2. The Balaban J connectivity index is 1.87. The summed E-state index contributed by atoms with van der Waals surface area (Å²) in [4.78, 5) is 24.7. The molecule has 0 radical (unpaired) electrons. The maximum Gasteiger partial charge on any atom is 0.416 e. The summed E-state index contributed by atoms with van der Waals surface area (Å²) in [6, 6.07) is 12.8. The van der Waals surface area contributed by atoms with Gasteiger partial charge < -0.3 is 10.1 Å². The van der Waals surface area contributed by atoms with E-state index in [4.69, 9.17) is 4.74 Å². The Kier molecular flexibility index (Phi) is 6.43. The highest BCUT2D eigenvalue weighted by molar-refractivity contribution is 6.04. The van der Waals surface area contributed by atoms with E-state index in [1.54, 1.807) is 31.2 Å². The molecule has 3 aromatic rings. The van der Waals surface area contributed by atoms with Gasteiger partial charge in [0.2, 0.25) is 0 Å². The Morgan fingerprint density at radius 2 is 1.71 bits per heavy atom. The minimum atomic E-state index is -4.44. The van der Waals surface area contributed by atoms with E-state index in [0.717, 1.165) is 17.7 Å². The first kappa shape index (κ1) is 22.1. The van der Waals surface area contributed by atoms with Crippen LogP contribution in [0, 0.1) is 6.92 Å². The average Bonchev–Trinajstić information content (AvgIpc) is 3.11. The number of halogens is 3. The number of hydrogen-bond donors (Lipinski definition) is 1. The van der Waals surface area contributed by atoms with Crippen LogP contribution in [0.1, 0.15) is 44.5 Å². The highest BCUT2D eigenvalue weighted by Gasteiger charge is 2.30. The molecule has 0 saturated heterocycles. The second-order valence-corrected chi connectivity index (χ2v) is 6.81. The number of ether oxygens (including phenoxy) is 1. The van der Waals surface area contributed by atoms with Crippen molar-refractivity contribution in [3.8, 4) is 0 Å². The summed E-state index contributed by atoms with van der Waals surface area (Å²) >= 11 is 0. The molecule has 9 heteroatoms. The van der Waals surface area contributed by atoms with Crippen molar-refractivity contribution in [1.82, 2.24) is 9.78 Å². The number of esters is 1. The Bertz CT molecular complexity index is 1070. The maximum atomic E-state index is 12.8. The summed E-state index contributed by atoms with van der Waals surface area (Å²) in [5, 5.41) is 6.85. The van der Waals surface area contributed by atoms with E-state index in [1.165, 1.54) is 22.9 Å². The molecule has 0 bridgehead atoms. The van der Waals surface area contributed by atoms with Gasteiger partial charge in [-0.05, 0) is 43.7 Å². The van der Waals surface area contributed by atoms with Gasteiger partial charge in [0.15, 0.2) is 5.69 Å². The standard InChI is InChI=1S/C22H20F3N3O3/c1-3-31-21(30)18-12-19(26-20(29)16-8-4-14(2)5-9-16)28(27-18)13-15-6-10-17(11-7-15)22(23,24)25/h4-12H,3,13H2,1-2H3,(H,26,29). The molecular weight excluding hydrogens is 411 g/mol. The number of rotatable bonds is 6. The molecule has 1 aromatic heterocycles. The minimum absolute atomic E-state index is 0.0204. The van der Waals surface area contributed by atoms with Gasteiger partial charge in [-0.25, -0.2) is 9.48 Å². The first-order chi connectivity index (χ1) is 14.7. The number of amides is 1. The lowest BCUT2D eigenvalue weighted by molar-refractivity contribution is -0.137. The van der Waals surface area contributed by atoms with Crippen molar-refractivity contribution < 1.29 is 27.5 Å². The lowest BCUT2D eigenvalue weighted by atomic mass is 10.1. The zero-order chi connectivity index (χ0) is 22.6. The highest BCUT2D eigenvalue weighted by atomic mass is 19.4. The third-order valence-electron chi connectivity index (χ3n) is 4.43. The van der Waals surface area contributed by atoms with Crippen LogP contribution in [-0.2, 0) is 17.5 Å². The molecule has 0 unspecified atom stereocenters. The van der Waals surface area contributed by atoms with Gasteiger partial charge in [0.1, 0.15) is 5.82 Å². The van der Waals surface area contributed by atoms with E-state index in [9.17, 15) is 22.8 Å². The van der Waals surface area contributed by atoms with Gasteiger partial charge in [0.05, 0.1) is 18.7 Å². The maximum absolute atomic E-state index is 12.8. The van der Waals surface area contributed by atoms with Crippen molar-refractivity contribution >= 4 is 17.7 Å². The van der Waals surface area contributed by atoms with Gasteiger partial charge in [-0.1, -0.05) is 29.8 Å². The predicted octanol–water partition coefficient (Wildman–Crippen LogP) is 4.69. The number of benzene rings is 2. The minimum Gasteiger partial charge on any atom is -0.461 e. The first-order valence-electron chi connectivity index (χ1n) is 9.46. The number of anilines is 1. The summed E-state index contributed by atoms with van der Waals surface area (Å²) in [6.45, 7) is 3.74. The fourth-order valence-electron chi connectivity index (χ4n) is 2.81. The van der Waals surface area contributed by atoms with Crippen molar-refractivity contribution in [2.45, 2.75) is 26.6 Å². The van der Waals surface area contributed by atoms with Crippen molar-refractivity contribution in [3.63, 3.8) is 0 Å². The first-order valence-corrected chi connectivity index (χ1v) is 9.46. The van der Waals surface area contributed by atoms with Crippen LogP contribution in [0.5, 0.6) is 0 Å². The zero-order valence-electron chi connectivity index (χ0n) is 16.9. The summed E-state index contributed by atoms with van der Waals surface area (Å²) in [5.41, 5.74) is 1.13. The summed E-state index contributed by atoms with van der Waals surface area (Å²) in [7, 11) is 0. The van der Waals surface area contributed by atoms with Crippen LogP contribution in [0.25, 0.3) is 0 Å². The van der Waals surface area contributed by atoms with Crippen molar-refractivity contribution in [3.05, 3.63) is 82.5 Å². The Morgan fingerprint density at radius 3 is 2.29 bits per heavy atom. The summed E-state index contributed by atoms with van der Waals surface area (Å²) in [5.74, 6) is -0.864. The second kappa shape index (κ2) is 9.03. The molecule has 162 valence electrons. The molecule has 0 fully saturated rings. The quantitative estimate of drug-likeness (QED) is 0.575. The lowest BCUT2D eigenvalue weighted by Crippen LogP contribution is -2.16. The number of aromatic nitrogens is 2. The van der Waals surface area contributed by atoms with Crippen LogP contribution >= 0.6 is 0 Å². The monoisotopic (exact) mass is 431 g/mol. The molecule has 3 rings (SSSR count). The average molecular weight is 431 g/mol. The van der Waals surface area contributed by atoms with E-state index < -0.39 is 23.6 Å². The topological polar surface area (TPSA) is 73.2 Å². The Labute approximate surface area is 176 Å². The molecule has 0 aliphatic carbocycles. The molecule has 6 nitrogen and oxygen atoms in total. The fourth-order valence-corrected chi connectivity index (χ4v) is 2.81. The molecule has 1 amide bonds. The molecule has 31 heavy (non-hydrogen) atoms. The number of nitrogens with one attached hydrogen (secondary N) is 1. The van der Waals surface area contributed by atoms with Gasteiger partial charge in [0, 0.05) is 11.6 Å². The number of carbonyl (C=O) groups excluding carboxylic acids is 2. The predicted molar refractivity (Wildman–Crippen MR) is 108 cm³/mol. The summed E-state index contributed by atoms with van der Waals surface area (Å²) in [6.07, 6.45) is -4.44. The van der Waals surface area contributed by atoms with Gasteiger partial charge in [-0.3, -0.25) is 4.79 Å². The molecule has 2 aromatic carbocycles.